The molecule has 9 nitrogen and oxygen atoms in total. The van der Waals surface area contributed by atoms with Gasteiger partial charge in [-0.2, -0.15) is 0 Å². The maximum absolute atomic E-state index is 12.8. The monoisotopic (exact) mass is 406 g/mol. The number of hydrogen-bond acceptors (Lipinski definition) is 6. The van der Waals surface area contributed by atoms with Crippen LogP contribution in [0, 0.1) is 0 Å². The van der Waals surface area contributed by atoms with Gasteiger partial charge in [0.05, 0.1) is 26.8 Å². The zero-order valence-corrected chi connectivity index (χ0v) is 16.6. The van der Waals surface area contributed by atoms with Crippen LogP contribution in [0.2, 0.25) is 0 Å². The highest BCUT2D eigenvalue weighted by Crippen LogP contribution is 2.38. The summed E-state index contributed by atoms with van der Waals surface area (Å²) in [6.45, 7) is 1.15. The van der Waals surface area contributed by atoms with Crippen LogP contribution >= 0.6 is 0 Å². The Hall–Kier alpha value is -2.52. The summed E-state index contributed by atoms with van der Waals surface area (Å²) in [6.07, 6.45) is 0.947. The summed E-state index contributed by atoms with van der Waals surface area (Å²) < 4.78 is 22.4. The van der Waals surface area contributed by atoms with E-state index in [1.807, 2.05) is 12.1 Å². The molecule has 1 N–H and O–H groups in total. The number of benzene rings is 1. The van der Waals surface area contributed by atoms with E-state index in [9.17, 15) is 14.7 Å². The molecule has 4 rings (SSSR count). The maximum atomic E-state index is 12.8. The summed E-state index contributed by atoms with van der Waals surface area (Å²) in [6, 6.07) is 4.46. The van der Waals surface area contributed by atoms with Crippen LogP contribution in [-0.4, -0.2) is 78.8 Å². The Morgan fingerprint density at radius 2 is 2.03 bits per heavy atom. The van der Waals surface area contributed by atoms with Gasteiger partial charge in [0.25, 0.3) is 0 Å². The fraction of sp³-hybridized carbons (Fsp3) is 0.600. The standard InChI is InChI=1S/C20H26N2O7/c1-26-13-7-6-12(9-14(13)27-2)10-21-17-15(29-16-5-3-4-8-28-16)11-22(20(24)25)18(17)19(21)23/h6-7,9,15-18H,3-5,8,10-11H2,1-2H3,(H,24,25)/t15-,16+,17+,18-/m0/s1. The molecule has 29 heavy (non-hydrogen) atoms. The third-order valence-electron chi connectivity index (χ3n) is 5.82. The Kier molecular flexibility index (Phi) is 5.51. The first-order chi connectivity index (χ1) is 14.0. The first-order valence-electron chi connectivity index (χ1n) is 9.81. The molecule has 0 radical (unpaired) electrons. The number of methoxy groups -OCH3 is 2. The molecule has 2 amide bonds. The van der Waals surface area contributed by atoms with Crippen molar-refractivity contribution in [3.05, 3.63) is 23.8 Å². The van der Waals surface area contributed by atoms with E-state index in [0.29, 0.717) is 24.7 Å². The highest BCUT2D eigenvalue weighted by molar-refractivity contribution is 5.93. The second kappa shape index (κ2) is 8.08. The molecule has 0 aliphatic carbocycles. The number of carboxylic acid groups (broad SMARTS) is 1. The molecule has 0 unspecified atom stereocenters. The van der Waals surface area contributed by atoms with Crippen molar-refractivity contribution in [1.82, 2.24) is 9.80 Å². The van der Waals surface area contributed by atoms with Gasteiger partial charge in [-0.05, 0) is 37.0 Å². The van der Waals surface area contributed by atoms with Crippen LogP contribution < -0.4 is 9.47 Å². The maximum Gasteiger partial charge on any atom is 0.408 e. The van der Waals surface area contributed by atoms with Gasteiger partial charge in [-0.15, -0.1) is 0 Å². The van der Waals surface area contributed by atoms with E-state index >= 15 is 0 Å². The molecule has 3 aliphatic rings. The molecule has 3 heterocycles. The van der Waals surface area contributed by atoms with Crippen molar-refractivity contribution in [2.24, 2.45) is 0 Å². The lowest BCUT2D eigenvalue weighted by Gasteiger charge is -2.46. The Bertz CT molecular complexity index is 780. The summed E-state index contributed by atoms with van der Waals surface area (Å²) in [5.41, 5.74) is 0.871. The lowest BCUT2D eigenvalue weighted by Crippen LogP contribution is -2.68. The van der Waals surface area contributed by atoms with Gasteiger partial charge in [-0.3, -0.25) is 9.69 Å². The van der Waals surface area contributed by atoms with Gasteiger partial charge in [-0.25, -0.2) is 4.79 Å². The van der Waals surface area contributed by atoms with Crippen LogP contribution in [-0.2, 0) is 20.8 Å². The van der Waals surface area contributed by atoms with Crippen LogP contribution in [0.3, 0.4) is 0 Å². The largest absolute Gasteiger partial charge is 0.493 e. The number of β-lactam (4-membered cyclic amide) rings is 1. The Morgan fingerprint density at radius 3 is 2.69 bits per heavy atom. The van der Waals surface area contributed by atoms with Gasteiger partial charge in [0.1, 0.15) is 12.1 Å². The number of carbonyl (C=O) groups excluding carboxylic acids is 1. The normalized spacial score (nSPS) is 28.7. The van der Waals surface area contributed by atoms with Crippen LogP contribution in [0.15, 0.2) is 18.2 Å². The minimum absolute atomic E-state index is 0.165. The number of nitrogens with zero attached hydrogens (tertiary/aromatic N) is 2. The fourth-order valence-electron chi connectivity index (χ4n) is 4.38. The SMILES string of the molecule is COc1ccc(CN2C(=O)[C@@H]3[C@H]2[C@@H](O[C@@H]2CCCCO2)CN3C(=O)O)cc1OC. The van der Waals surface area contributed by atoms with Crippen molar-refractivity contribution >= 4 is 12.0 Å². The lowest BCUT2D eigenvalue weighted by atomic mass is 9.93. The number of fused-ring (bicyclic) bond motifs is 1. The fourth-order valence-corrected chi connectivity index (χ4v) is 4.38. The highest BCUT2D eigenvalue weighted by Gasteiger charge is 2.61. The smallest absolute Gasteiger partial charge is 0.408 e. The van der Waals surface area contributed by atoms with Crippen LogP contribution in [0.5, 0.6) is 11.5 Å². The summed E-state index contributed by atoms with van der Waals surface area (Å²) in [4.78, 5) is 27.3. The van der Waals surface area contributed by atoms with Crippen molar-refractivity contribution in [2.45, 2.75) is 50.3 Å². The van der Waals surface area contributed by atoms with Gasteiger partial charge in [0.2, 0.25) is 5.91 Å². The molecule has 0 spiro atoms. The summed E-state index contributed by atoms with van der Waals surface area (Å²) in [5, 5.41) is 9.52. The van der Waals surface area contributed by atoms with Crippen LogP contribution in [0.1, 0.15) is 24.8 Å². The van der Waals surface area contributed by atoms with E-state index in [-0.39, 0.29) is 24.8 Å². The first-order valence-corrected chi connectivity index (χ1v) is 9.81. The Balaban J connectivity index is 1.51. The van der Waals surface area contributed by atoms with Gasteiger partial charge < -0.3 is 29.0 Å². The predicted molar refractivity (Wildman–Crippen MR) is 101 cm³/mol. The zero-order chi connectivity index (χ0) is 20.5. The van der Waals surface area contributed by atoms with Gasteiger partial charge in [0.15, 0.2) is 17.8 Å². The molecule has 0 saturated carbocycles. The third kappa shape index (κ3) is 3.60. The summed E-state index contributed by atoms with van der Waals surface area (Å²) >= 11 is 0. The van der Waals surface area contributed by atoms with Crippen molar-refractivity contribution < 1.29 is 33.6 Å². The molecular formula is C20H26N2O7. The first kappa shape index (κ1) is 19.8. The molecule has 3 aliphatic heterocycles. The number of likely N-dealkylation sites (tertiary alicyclic amines) is 2. The van der Waals surface area contributed by atoms with Crippen molar-refractivity contribution in [2.75, 3.05) is 27.4 Å². The molecule has 158 valence electrons. The second-order valence-corrected chi connectivity index (χ2v) is 7.50. The van der Waals surface area contributed by atoms with Crippen LogP contribution in [0.4, 0.5) is 4.79 Å². The van der Waals surface area contributed by atoms with E-state index in [4.69, 9.17) is 18.9 Å². The predicted octanol–water partition coefficient (Wildman–Crippen LogP) is 1.69. The van der Waals surface area contributed by atoms with Gasteiger partial charge in [-0.1, -0.05) is 6.07 Å². The molecule has 1 aromatic carbocycles. The molecule has 3 fully saturated rings. The highest BCUT2D eigenvalue weighted by atomic mass is 16.7. The lowest BCUT2D eigenvalue weighted by molar-refractivity contribution is -0.202. The molecular weight excluding hydrogens is 380 g/mol. The average molecular weight is 406 g/mol. The molecule has 0 bridgehead atoms. The second-order valence-electron chi connectivity index (χ2n) is 7.50. The number of rotatable bonds is 6. The number of ether oxygens (including phenoxy) is 4. The van der Waals surface area contributed by atoms with E-state index in [1.165, 1.54) is 4.90 Å². The van der Waals surface area contributed by atoms with Crippen molar-refractivity contribution in [1.29, 1.82) is 0 Å². The molecule has 0 aromatic heterocycles. The molecule has 1 aromatic rings. The Morgan fingerprint density at radius 1 is 1.24 bits per heavy atom. The van der Waals surface area contributed by atoms with Crippen molar-refractivity contribution in [3.8, 4) is 11.5 Å². The third-order valence-corrected chi connectivity index (χ3v) is 5.82. The molecule has 3 saturated heterocycles. The number of carbonyl (C=O) groups is 2. The molecule has 9 heteroatoms. The van der Waals surface area contributed by atoms with Crippen LogP contribution in [0.25, 0.3) is 0 Å². The Labute approximate surface area is 169 Å². The van der Waals surface area contributed by atoms with E-state index in [2.05, 4.69) is 0 Å². The van der Waals surface area contributed by atoms with Gasteiger partial charge >= 0.3 is 6.09 Å². The van der Waals surface area contributed by atoms with E-state index < -0.39 is 18.2 Å². The molecule has 4 atom stereocenters. The quantitative estimate of drug-likeness (QED) is 0.718. The average Bonchev–Trinajstić information content (AvgIpc) is 3.07. The van der Waals surface area contributed by atoms with Crippen molar-refractivity contribution in [3.63, 3.8) is 0 Å². The number of hydrogen-bond donors (Lipinski definition) is 1. The van der Waals surface area contributed by atoms with Gasteiger partial charge in [0, 0.05) is 13.2 Å². The minimum Gasteiger partial charge on any atom is -0.493 e. The summed E-state index contributed by atoms with van der Waals surface area (Å²) in [5.74, 6) is 0.983. The topological polar surface area (TPSA) is 97.8 Å². The minimum atomic E-state index is -1.10. The van der Waals surface area contributed by atoms with E-state index in [0.717, 1.165) is 24.8 Å². The summed E-state index contributed by atoms with van der Waals surface area (Å²) in [7, 11) is 3.12. The number of amides is 2. The zero-order valence-electron chi connectivity index (χ0n) is 16.6. The van der Waals surface area contributed by atoms with E-state index in [1.54, 1.807) is 25.2 Å².